The Morgan fingerprint density at radius 2 is 1.76 bits per heavy atom. The van der Waals surface area contributed by atoms with Crippen molar-refractivity contribution >= 4 is 33.5 Å². The molecule has 0 radical (unpaired) electrons. The summed E-state index contributed by atoms with van der Waals surface area (Å²) in [6, 6.07) is 22.0. The fourth-order valence-electron chi connectivity index (χ4n) is 3.25. The van der Waals surface area contributed by atoms with Crippen molar-refractivity contribution in [3.8, 4) is 22.8 Å². The smallest absolute Gasteiger partial charge is 0.310 e. The van der Waals surface area contributed by atoms with Crippen molar-refractivity contribution < 1.29 is 12.6 Å². The molecule has 4 rings (SSSR count). The van der Waals surface area contributed by atoms with E-state index in [0.29, 0.717) is 21.8 Å². The molecule has 0 atom stereocenters. The van der Waals surface area contributed by atoms with Gasteiger partial charge in [0.2, 0.25) is 0 Å². The van der Waals surface area contributed by atoms with Crippen LogP contribution in [0.5, 0.6) is 5.75 Å². The highest BCUT2D eigenvalue weighted by molar-refractivity contribution is 8.00. The third-order valence-corrected chi connectivity index (χ3v) is 7.43. The van der Waals surface area contributed by atoms with Crippen LogP contribution in [0.25, 0.3) is 17.1 Å². The molecule has 0 bridgehead atoms. The first-order valence-electron chi connectivity index (χ1n) is 10.2. The molecule has 0 saturated heterocycles. The molecule has 9 heteroatoms. The normalized spacial score (nSPS) is 11.5. The number of aromatic nitrogens is 3. The molecule has 4 aromatic rings. The van der Waals surface area contributed by atoms with Gasteiger partial charge in [0.05, 0.1) is 11.4 Å². The lowest BCUT2D eigenvalue weighted by Gasteiger charge is -2.14. The van der Waals surface area contributed by atoms with Crippen LogP contribution in [-0.2, 0) is 10.1 Å². The summed E-state index contributed by atoms with van der Waals surface area (Å²) in [5, 5.41) is 9.97. The molecule has 1 heterocycles. The van der Waals surface area contributed by atoms with Crippen LogP contribution in [0, 0.1) is 13.8 Å². The molecule has 1 aromatic heterocycles. The lowest BCUT2D eigenvalue weighted by molar-refractivity contribution is 0.488. The molecule has 0 fully saturated rings. The van der Waals surface area contributed by atoms with E-state index >= 15 is 0 Å². The molecule has 6 nitrogen and oxygen atoms in total. The lowest BCUT2D eigenvalue weighted by atomic mass is 10.1. The molecule has 0 aliphatic carbocycles. The first-order chi connectivity index (χ1) is 15.8. The summed E-state index contributed by atoms with van der Waals surface area (Å²) in [5.41, 5.74) is 3.89. The molecule has 0 N–H and O–H groups in total. The SMILES string of the molecule is Cc1ccc(C)c(-n2c(SCCS(=O)(=O)Oc3ccccc3)nnc2-c2cccc(Cl)c2)c1. The lowest BCUT2D eigenvalue weighted by Crippen LogP contribution is -2.15. The van der Waals surface area contributed by atoms with E-state index in [0.717, 1.165) is 22.4 Å². The van der Waals surface area contributed by atoms with Crippen molar-refractivity contribution in [1.29, 1.82) is 0 Å². The minimum atomic E-state index is -3.74. The van der Waals surface area contributed by atoms with Gasteiger partial charge in [-0.05, 0) is 55.3 Å². The van der Waals surface area contributed by atoms with Crippen LogP contribution in [0.4, 0.5) is 0 Å². The molecular weight excluding hydrogens is 478 g/mol. The van der Waals surface area contributed by atoms with Crippen LogP contribution < -0.4 is 4.18 Å². The predicted octanol–water partition coefficient (Wildman–Crippen LogP) is 5.71. The summed E-state index contributed by atoms with van der Waals surface area (Å²) < 4.78 is 32.0. The molecular formula is C24H22ClN3O3S2. The second-order valence-corrected chi connectivity index (χ2v) is 10.6. The molecule has 3 aromatic carbocycles. The summed E-state index contributed by atoms with van der Waals surface area (Å²) in [5.74, 6) is 1.02. The maximum atomic E-state index is 12.4. The van der Waals surface area contributed by atoms with E-state index in [1.807, 2.05) is 48.7 Å². The Hall–Kier alpha value is -2.81. The summed E-state index contributed by atoms with van der Waals surface area (Å²) in [6.07, 6.45) is 0. The standard InChI is InChI=1S/C24H22ClN3O3S2/c1-17-11-12-18(2)22(15-17)28-23(19-7-6-8-20(25)16-19)26-27-24(28)32-13-14-33(29,30)31-21-9-4-3-5-10-21/h3-12,15-16H,13-14H2,1-2H3. The van der Waals surface area contributed by atoms with Gasteiger partial charge in [-0.25, -0.2) is 0 Å². The fourth-order valence-corrected chi connectivity index (χ4v) is 5.68. The van der Waals surface area contributed by atoms with Gasteiger partial charge in [0.25, 0.3) is 0 Å². The van der Waals surface area contributed by atoms with E-state index in [4.69, 9.17) is 15.8 Å². The molecule has 0 saturated carbocycles. The maximum absolute atomic E-state index is 12.4. The number of para-hydroxylation sites is 1. The van der Waals surface area contributed by atoms with Crippen LogP contribution in [0.1, 0.15) is 11.1 Å². The van der Waals surface area contributed by atoms with Crippen LogP contribution in [-0.4, -0.2) is 34.7 Å². The van der Waals surface area contributed by atoms with Crippen LogP contribution in [0.15, 0.2) is 78.0 Å². The van der Waals surface area contributed by atoms with Gasteiger partial charge in [-0.3, -0.25) is 4.57 Å². The van der Waals surface area contributed by atoms with Crippen LogP contribution in [0.2, 0.25) is 5.02 Å². The number of benzene rings is 3. The minimum absolute atomic E-state index is 0.168. The quantitative estimate of drug-likeness (QED) is 0.228. The third-order valence-electron chi connectivity index (χ3n) is 4.85. The zero-order valence-corrected chi connectivity index (χ0v) is 20.5. The van der Waals surface area contributed by atoms with Crippen molar-refractivity contribution in [2.45, 2.75) is 19.0 Å². The van der Waals surface area contributed by atoms with Gasteiger partial charge in [0.1, 0.15) is 5.75 Å². The molecule has 0 aliphatic rings. The minimum Gasteiger partial charge on any atom is -0.382 e. The van der Waals surface area contributed by atoms with Crippen molar-refractivity contribution in [2.75, 3.05) is 11.5 Å². The summed E-state index contributed by atoms with van der Waals surface area (Å²) >= 11 is 7.52. The number of nitrogens with zero attached hydrogens (tertiary/aromatic N) is 3. The molecule has 0 spiro atoms. The monoisotopic (exact) mass is 499 g/mol. The van der Waals surface area contributed by atoms with Gasteiger partial charge in [0, 0.05) is 16.3 Å². The van der Waals surface area contributed by atoms with Gasteiger partial charge in [-0.1, -0.05) is 65.8 Å². The van der Waals surface area contributed by atoms with E-state index in [2.05, 4.69) is 16.3 Å². The Morgan fingerprint density at radius 1 is 0.970 bits per heavy atom. The van der Waals surface area contributed by atoms with E-state index in [1.165, 1.54) is 11.8 Å². The van der Waals surface area contributed by atoms with Crippen LogP contribution in [0.3, 0.4) is 0 Å². The van der Waals surface area contributed by atoms with E-state index in [-0.39, 0.29) is 11.5 Å². The second-order valence-electron chi connectivity index (χ2n) is 7.45. The Kier molecular flexibility index (Phi) is 7.07. The summed E-state index contributed by atoms with van der Waals surface area (Å²) in [7, 11) is -3.74. The van der Waals surface area contributed by atoms with Gasteiger partial charge < -0.3 is 4.18 Å². The first kappa shape index (κ1) is 23.4. The van der Waals surface area contributed by atoms with Crippen molar-refractivity contribution in [1.82, 2.24) is 14.8 Å². The van der Waals surface area contributed by atoms with E-state index in [9.17, 15) is 8.42 Å². The average molecular weight is 500 g/mol. The van der Waals surface area contributed by atoms with Gasteiger partial charge in [-0.2, -0.15) is 8.42 Å². The predicted molar refractivity (Wildman–Crippen MR) is 133 cm³/mol. The number of hydrogen-bond acceptors (Lipinski definition) is 6. The number of thioether (sulfide) groups is 1. The largest absolute Gasteiger partial charge is 0.382 e. The highest BCUT2D eigenvalue weighted by Crippen LogP contribution is 2.31. The summed E-state index contributed by atoms with van der Waals surface area (Å²) in [6.45, 7) is 4.04. The summed E-state index contributed by atoms with van der Waals surface area (Å²) in [4.78, 5) is 0. The highest BCUT2D eigenvalue weighted by Gasteiger charge is 2.20. The Morgan fingerprint density at radius 3 is 2.52 bits per heavy atom. The van der Waals surface area contributed by atoms with Gasteiger partial charge in [-0.15, -0.1) is 10.2 Å². The molecule has 0 amide bonds. The molecule has 33 heavy (non-hydrogen) atoms. The fraction of sp³-hybridized carbons (Fsp3) is 0.167. The van der Waals surface area contributed by atoms with Crippen molar-refractivity contribution in [3.05, 3.63) is 88.9 Å². The van der Waals surface area contributed by atoms with E-state index in [1.54, 1.807) is 36.4 Å². The van der Waals surface area contributed by atoms with Gasteiger partial charge >= 0.3 is 10.1 Å². The third kappa shape index (κ3) is 5.76. The van der Waals surface area contributed by atoms with E-state index < -0.39 is 10.1 Å². The average Bonchev–Trinajstić information content (AvgIpc) is 3.19. The number of hydrogen-bond donors (Lipinski definition) is 0. The number of halogens is 1. The Balaban J connectivity index is 1.62. The maximum Gasteiger partial charge on any atom is 0.310 e. The molecule has 0 aliphatic heterocycles. The van der Waals surface area contributed by atoms with Gasteiger partial charge in [0.15, 0.2) is 11.0 Å². The number of rotatable bonds is 8. The Bertz CT molecular complexity index is 1370. The van der Waals surface area contributed by atoms with Crippen LogP contribution >= 0.6 is 23.4 Å². The number of aryl methyl sites for hydroxylation is 2. The molecule has 0 unspecified atom stereocenters. The van der Waals surface area contributed by atoms with Crippen molar-refractivity contribution in [3.63, 3.8) is 0 Å². The second kappa shape index (κ2) is 9.99. The molecule has 170 valence electrons. The highest BCUT2D eigenvalue weighted by atomic mass is 35.5. The zero-order chi connectivity index (χ0) is 23.4. The first-order valence-corrected chi connectivity index (χ1v) is 13.2. The zero-order valence-electron chi connectivity index (χ0n) is 18.1. The van der Waals surface area contributed by atoms with Crippen molar-refractivity contribution in [2.24, 2.45) is 0 Å². The topological polar surface area (TPSA) is 74.1 Å². The Labute approximate surface area is 202 Å².